The van der Waals surface area contributed by atoms with Gasteiger partial charge in [-0.3, -0.25) is 0 Å². The highest BCUT2D eigenvalue weighted by Gasteiger charge is 2.12. The molecule has 0 aromatic heterocycles. The standard InChI is InChI=1S/C19H16BrCl/c1-13-9-16(11-17(20)10-13)19(21)12-15-7-4-6-14-5-2-3-8-18(14)15/h2-11,19H,12H2,1H3. The molecule has 0 saturated heterocycles. The maximum Gasteiger partial charge on any atom is 0.0626 e. The number of hydrogen-bond acceptors (Lipinski definition) is 0. The summed E-state index contributed by atoms with van der Waals surface area (Å²) in [6.07, 6.45) is 0.832. The molecule has 0 fully saturated rings. The third kappa shape index (κ3) is 3.30. The van der Waals surface area contributed by atoms with Crippen LogP contribution in [-0.4, -0.2) is 0 Å². The number of halogens is 2. The van der Waals surface area contributed by atoms with Crippen molar-refractivity contribution in [2.45, 2.75) is 18.7 Å². The van der Waals surface area contributed by atoms with E-state index in [1.165, 1.54) is 21.9 Å². The summed E-state index contributed by atoms with van der Waals surface area (Å²) < 4.78 is 1.08. The zero-order valence-electron chi connectivity index (χ0n) is 11.8. The summed E-state index contributed by atoms with van der Waals surface area (Å²) in [5, 5.41) is 2.54. The van der Waals surface area contributed by atoms with E-state index in [9.17, 15) is 0 Å². The Hall–Kier alpha value is -1.31. The van der Waals surface area contributed by atoms with Crippen LogP contribution >= 0.6 is 27.5 Å². The summed E-state index contributed by atoms with van der Waals surface area (Å²) in [4.78, 5) is 0. The number of alkyl halides is 1. The third-order valence-corrected chi connectivity index (χ3v) is 4.57. The summed E-state index contributed by atoms with van der Waals surface area (Å²) in [5.74, 6) is 0. The highest BCUT2D eigenvalue weighted by Crippen LogP contribution is 2.30. The van der Waals surface area contributed by atoms with Gasteiger partial charge in [0.1, 0.15) is 0 Å². The Morgan fingerprint density at radius 3 is 2.57 bits per heavy atom. The Morgan fingerprint density at radius 1 is 1.00 bits per heavy atom. The molecular weight excluding hydrogens is 344 g/mol. The van der Waals surface area contributed by atoms with E-state index in [1.54, 1.807) is 0 Å². The maximum absolute atomic E-state index is 6.66. The van der Waals surface area contributed by atoms with Crippen LogP contribution in [-0.2, 0) is 6.42 Å². The minimum Gasteiger partial charge on any atom is -0.117 e. The van der Waals surface area contributed by atoms with Crippen LogP contribution in [0.25, 0.3) is 10.8 Å². The summed E-state index contributed by atoms with van der Waals surface area (Å²) in [5.41, 5.74) is 3.69. The first kappa shape index (κ1) is 14.6. The fourth-order valence-corrected chi connectivity index (χ4v) is 3.64. The van der Waals surface area contributed by atoms with Gasteiger partial charge in [-0.15, -0.1) is 11.6 Å². The Kier molecular flexibility index (Phi) is 4.32. The van der Waals surface area contributed by atoms with Gasteiger partial charge in [0.25, 0.3) is 0 Å². The van der Waals surface area contributed by atoms with Crippen molar-refractivity contribution in [2.24, 2.45) is 0 Å². The van der Waals surface area contributed by atoms with Crippen LogP contribution in [0.5, 0.6) is 0 Å². The van der Waals surface area contributed by atoms with Crippen LogP contribution in [0.4, 0.5) is 0 Å². The molecule has 0 N–H and O–H groups in total. The van der Waals surface area contributed by atoms with Crippen LogP contribution in [0, 0.1) is 6.92 Å². The summed E-state index contributed by atoms with van der Waals surface area (Å²) in [6, 6.07) is 21.3. The molecule has 0 saturated carbocycles. The molecule has 0 nitrogen and oxygen atoms in total. The van der Waals surface area contributed by atoms with E-state index in [1.807, 2.05) is 0 Å². The lowest BCUT2D eigenvalue weighted by atomic mass is 9.98. The molecule has 3 aromatic carbocycles. The van der Waals surface area contributed by atoms with Gasteiger partial charge in [0, 0.05) is 4.47 Å². The van der Waals surface area contributed by atoms with Crippen LogP contribution in [0.1, 0.15) is 22.1 Å². The molecule has 0 aliphatic rings. The molecule has 0 radical (unpaired) electrons. The summed E-state index contributed by atoms with van der Waals surface area (Å²) in [7, 11) is 0. The zero-order chi connectivity index (χ0) is 14.8. The van der Waals surface area contributed by atoms with Crippen molar-refractivity contribution < 1.29 is 0 Å². The molecule has 106 valence electrons. The smallest absolute Gasteiger partial charge is 0.0626 e. The fourth-order valence-electron chi connectivity index (χ4n) is 2.73. The molecule has 2 heteroatoms. The van der Waals surface area contributed by atoms with E-state index in [0.29, 0.717) is 0 Å². The van der Waals surface area contributed by atoms with Gasteiger partial charge < -0.3 is 0 Å². The second-order valence-corrected chi connectivity index (χ2v) is 6.81. The van der Waals surface area contributed by atoms with Gasteiger partial charge in [-0.2, -0.15) is 0 Å². The Balaban J connectivity index is 1.94. The normalized spacial score (nSPS) is 12.5. The van der Waals surface area contributed by atoms with E-state index >= 15 is 0 Å². The molecule has 3 rings (SSSR count). The summed E-state index contributed by atoms with van der Waals surface area (Å²) >= 11 is 10.2. The first-order valence-electron chi connectivity index (χ1n) is 7.01. The first-order chi connectivity index (χ1) is 10.1. The Labute approximate surface area is 138 Å². The fraction of sp³-hybridized carbons (Fsp3) is 0.158. The average Bonchev–Trinajstić information content (AvgIpc) is 2.46. The van der Waals surface area contributed by atoms with Crippen molar-refractivity contribution in [1.29, 1.82) is 0 Å². The predicted molar refractivity (Wildman–Crippen MR) is 95.1 cm³/mol. The minimum absolute atomic E-state index is 0.0213. The van der Waals surface area contributed by atoms with Gasteiger partial charge in [0.2, 0.25) is 0 Å². The van der Waals surface area contributed by atoms with Gasteiger partial charge in [-0.05, 0) is 52.9 Å². The Morgan fingerprint density at radius 2 is 1.76 bits per heavy atom. The zero-order valence-corrected chi connectivity index (χ0v) is 14.2. The predicted octanol–water partition coefficient (Wildman–Crippen LogP) is 6.43. The molecule has 21 heavy (non-hydrogen) atoms. The van der Waals surface area contributed by atoms with Gasteiger partial charge in [0.05, 0.1) is 5.38 Å². The van der Waals surface area contributed by atoms with Crippen molar-refractivity contribution in [3.8, 4) is 0 Å². The quantitative estimate of drug-likeness (QED) is 0.472. The number of rotatable bonds is 3. The first-order valence-corrected chi connectivity index (χ1v) is 8.24. The van der Waals surface area contributed by atoms with E-state index in [4.69, 9.17) is 11.6 Å². The monoisotopic (exact) mass is 358 g/mol. The van der Waals surface area contributed by atoms with Gasteiger partial charge >= 0.3 is 0 Å². The number of fused-ring (bicyclic) bond motifs is 1. The van der Waals surface area contributed by atoms with Crippen molar-refractivity contribution in [1.82, 2.24) is 0 Å². The van der Waals surface area contributed by atoms with Crippen molar-refractivity contribution in [3.63, 3.8) is 0 Å². The highest BCUT2D eigenvalue weighted by atomic mass is 79.9. The molecule has 1 unspecified atom stereocenters. The summed E-state index contributed by atoms with van der Waals surface area (Å²) in [6.45, 7) is 2.09. The van der Waals surface area contributed by atoms with Crippen LogP contribution in [0.15, 0.2) is 65.1 Å². The van der Waals surface area contributed by atoms with E-state index in [2.05, 4.69) is 83.5 Å². The molecule has 0 aliphatic heterocycles. The largest absolute Gasteiger partial charge is 0.117 e. The molecule has 0 aliphatic carbocycles. The van der Waals surface area contributed by atoms with Crippen LogP contribution < -0.4 is 0 Å². The number of hydrogen-bond donors (Lipinski definition) is 0. The van der Waals surface area contributed by atoms with E-state index in [-0.39, 0.29) is 5.38 Å². The van der Waals surface area contributed by atoms with E-state index < -0.39 is 0 Å². The van der Waals surface area contributed by atoms with Gasteiger partial charge in [-0.25, -0.2) is 0 Å². The number of aryl methyl sites for hydroxylation is 1. The van der Waals surface area contributed by atoms with Crippen molar-refractivity contribution in [3.05, 3.63) is 81.8 Å². The lowest BCUT2D eigenvalue weighted by Crippen LogP contribution is -1.97. The lowest BCUT2D eigenvalue weighted by Gasteiger charge is -2.13. The second-order valence-electron chi connectivity index (χ2n) is 5.37. The molecule has 0 spiro atoms. The third-order valence-electron chi connectivity index (χ3n) is 3.71. The molecule has 0 amide bonds. The molecule has 1 atom stereocenters. The van der Waals surface area contributed by atoms with Gasteiger partial charge in [0.15, 0.2) is 0 Å². The van der Waals surface area contributed by atoms with Gasteiger partial charge in [-0.1, -0.05) is 64.5 Å². The van der Waals surface area contributed by atoms with Crippen LogP contribution in [0.3, 0.4) is 0 Å². The second kappa shape index (κ2) is 6.21. The topological polar surface area (TPSA) is 0 Å². The lowest BCUT2D eigenvalue weighted by molar-refractivity contribution is 0.924. The molecule has 0 heterocycles. The van der Waals surface area contributed by atoms with Crippen molar-refractivity contribution in [2.75, 3.05) is 0 Å². The number of benzene rings is 3. The minimum atomic E-state index is -0.0213. The maximum atomic E-state index is 6.66. The molecular formula is C19H16BrCl. The van der Waals surface area contributed by atoms with Crippen molar-refractivity contribution >= 4 is 38.3 Å². The Bertz CT molecular complexity index is 754. The molecule has 3 aromatic rings. The SMILES string of the molecule is Cc1cc(Br)cc(C(Cl)Cc2cccc3ccccc23)c1. The van der Waals surface area contributed by atoms with Crippen LogP contribution in [0.2, 0.25) is 0 Å². The average molecular weight is 360 g/mol. The molecule has 0 bridgehead atoms. The van der Waals surface area contributed by atoms with E-state index in [0.717, 1.165) is 16.5 Å². The highest BCUT2D eigenvalue weighted by molar-refractivity contribution is 9.10.